The molecule has 0 amide bonds. The average Bonchev–Trinajstić information content (AvgIpc) is 2.49. The Morgan fingerprint density at radius 3 is 2.20 bits per heavy atom. The van der Waals surface area contributed by atoms with Gasteiger partial charge in [0.1, 0.15) is 12.4 Å². The van der Waals surface area contributed by atoms with Crippen LogP contribution in [-0.4, -0.2) is 25.8 Å². The van der Waals surface area contributed by atoms with E-state index in [9.17, 15) is 4.79 Å². The van der Waals surface area contributed by atoms with E-state index in [0.717, 1.165) is 33.3 Å². The summed E-state index contributed by atoms with van der Waals surface area (Å²) >= 11 is 0. The van der Waals surface area contributed by atoms with Gasteiger partial charge in [0.15, 0.2) is 5.52 Å². The molecule has 0 heterocycles. The van der Waals surface area contributed by atoms with Gasteiger partial charge in [-0.1, -0.05) is 23.8 Å². The van der Waals surface area contributed by atoms with E-state index in [1.165, 1.54) is 5.56 Å². The van der Waals surface area contributed by atoms with E-state index in [1.54, 1.807) is 7.11 Å². The summed E-state index contributed by atoms with van der Waals surface area (Å²) in [7, 11) is 1.78. The minimum atomic E-state index is 0. The largest absolute Gasteiger partial charge is 1.00 e. The maximum absolute atomic E-state index is 12.8. The van der Waals surface area contributed by atoms with Crippen LogP contribution in [0, 0.1) is 27.7 Å². The number of hydrogen-bond donors (Lipinski definition) is 0. The van der Waals surface area contributed by atoms with E-state index in [0.29, 0.717) is 13.2 Å². The molecule has 2 rings (SSSR count). The van der Waals surface area contributed by atoms with Crippen molar-refractivity contribution in [1.82, 2.24) is 0 Å². The van der Waals surface area contributed by atoms with Crippen molar-refractivity contribution in [2.45, 2.75) is 27.7 Å². The monoisotopic (exact) mass is 352 g/mol. The Morgan fingerprint density at radius 2 is 1.64 bits per heavy atom. The van der Waals surface area contributed by atoms with Gasteiger partial charge in [-0.15, -0.1) is 0 Å². The van der Waals surface area contributed by atoms with Gasteiger partial charge >= 0.3 is 18.9 Å². The molecule has 0 saturated heterocycles. The van der Waals surface area contributed by atoms with Crippen molar-refractivity contribution in [2.75, 3.05) is 20.3 Å². The van der Waals surface area contributed by atoms with Crippen molar-refractivity contribution in [2.24, 2.45) is 0 Å². The van der Waals surface area contributed by atoms with Crippen molar-refractivity contribution >= 4 is 19.4 Å². The molecule has 0 aliphatic heterocycles. The summed E-state index contributed by atoms with van der Waals surface area (Å²) in [5.74, 6) is 0.813. The molecule has 0 saturated carbocycles. The van der Waals surface area contributed by atoms with Crippen LogP contribution in [0.25, 0.3) is 0 Å². The van der Waals surface area contributed by atoms with E-state index in [2.05, 4.69) is 19.1 Å². The Bertz CT molecular complexity index is 727. The zero-order valence-corrected chi connectivity index (χ0v) is 17.0. The van der Waals surface area contributed by atoms with Crippen LogP contribution in [0.4, 0.5) is 0 Å². The molecule has 0 bridgehead atoms. The normalized spacial score (nSPS) is 10.8. The molecular weight excluding hydrogens is 326 g/mol. The van der Waals surface area contributed by atoms with Gasteiger partial charge in [0.05, 0.1) is 6.61 Å². The molecule has 1 atom stereocenters. The number of aryl methyl sites for hydroxylation is 4. The molecule has 130 valence electrons. The molecule has 0 radical (unpaired) electrons. The number of methoxy groups -OCH3 is 1. The van der Waals surface area contributed by atoms with Gasteiger partial charge in [-0.3, -0.25) is 4.79 Å². The van der Waals surface area contributed by atoms with Gasteiger partial charge in [0, 0.05) is 12.7 Å². The Hall–Kier alpha value is -1.10. The fourth-order valence-corrected chi connectivity index (χ4v) is 4.03. The third-order valence-electron chi connectivity index (χ3n) is 3.91. The number of rotatable bonds is 7. The molecule has 3 nitrogen and oxygen atoms in total. The number of hydrogen-bond acceptors (Lipinski definition) is 3. The first-order valence-corrected chi connectivity index (χ1v) is 9.04. The van der Waals surface area contributed by atoms with E-state index in [4.69, 9.17) is 9.47 Å². The van der Waals surface area contributed by atoms with Crippen LogP contribution in [0.1, 0.15) is 34.0 Å². The van der Waals surface area contributed by atoms with E-state index < -0.39 is 0 Å². The molecule has 0 aliphatic rings. The first-order valence-electron chi connectivity index (χ1n) is 8.04. The quantitative estimate of drug-likeness (QED) is 0.427. The van der Waals surface area contributed by atoms with Crippen LogP contribution in [0.5, 0.6) is 5.75 Å². The Balaban J connectivity index is 0.00000312. The number of carbonyl (C=O) groups is 1. The van der Waals surface area contributed by atoms with Gasteiger partial charge in [-0.05, 0) is 70.4 Å². The Labute approximate surface area is 165 Å². The molecule has 1 unspecified atom stereocenters. The number of benzene rings is 2. The second-order valence-corrected chi connectivity index (χ2v) is 7.29. The molecule has 0 spiro atoms. The number of ether oxygens (including phenoxy) is 2. The molecule has 0 fully saturated rings. The average molecular weight is 352 g/mol. The summed E-state index contributed by atoms with van der Waals surface area (Å²) in [4.78, 5) is 12.8. The topological polar surface area (TPSA) is 35.5 Å². The van der Waals surface area contributed by atoms with Gasteiger partial charge in [0.25, 0.3) is 0 Å². The molecule has 0 N–H and O–H groups in total. The zero-order valence-electron chi connectivity index (χ0n) is 17.0. The van der Waals surface area contributed by atoms with Crippen molar-refractivity contribution < 1.29 is 34.6 Å². The predicted octanol–water partition coefficient (Wildman–Crippen LogP) is 1.21. The van der Waals surface area contributed by atoms with E-state index in [-0.39, 0.29) is 34.4 Å². The standard InChI is InChI=1S/C20H25O3P.Li.H/c1-13-10-15(3)19(16(4)11-13)20(21)24-18-7-6-17(12-14(18)2)23-9-8-22-5;;/h6-7,10-12,24H,8-9H2,1-5H3;;/q;+1;-1. The van der Waals surface area contributed by atoms with Gasteiger partial charge in [-0.25, -0.2) is 0 Å². The summed E-state index contributed by atoms with van der Waals surface area (Å²) in [5.41, 5.74) is 5.45. The van der Waals surface area contributed by atoms with Gasteiger partial charge < -0.3 is 10.9 Å². The summed E-state index contributed by atoms with van der Waals surface area (Å²) in [6.07, 6.45) is 0. The van der Waals surface area contributed by atoms with Gasteiger partial charge in [0.2, 0.25) is 0 Å². The van der Waals surface area contributed by atoms with Gasteiger partial charge in [-0.2, -0.15) is 0 Å². The van der Waals surface area contributed by atoms with Crippen LogP contribution >= 0.6 is 8.58 Å². The fraction of sp³-hybridized carbons (Fsp3) is 0.350. The van der Waals surface area contributed by atoms with Crippen LogP contribution in [0.2, 0.25) is 0 Å². The summed E-state index contributed by atoms with van der Waals surface area (Å²) < 4.78 is 10.6. The van der Waals surface area contributed by atoms with E-state index >= 15 is 0 Å². The zero-order chi connectivity index (χ0) is 17.7. The molecule has 2 aromatic carbocycles. The summed E-state index contributed by atoms with van der Waals surface area (Å²) in [6.45, 7) is 9.19. The maximum Gasteiger partial charge on any atom is 1.00 e. The van der Waals surface area contributed by atoms with Crippen LogP contribution in [-0.2, 0) is 4.74 Å². The first kappa shape index (κ1) is 21.9. The van der Waals surface area contributed by atoms with E-state index in [1.807, 2.05) is 39.0 Å². The smallest absolute Gasteiger partial charge is 1.00 e. The molecule has 0 aliphatic carbocycles. The van der Waals surface area contributed by atoms with Crippen molar-refractivity contribution in [3.05, 3.63) is 58.1 Å². The Morgan fingerprint density at radius 1 is 1.00 bits per heavy atom. The minimum absolute atomic E-state index is 0. The minimum Gasteiger partial charge on any atom is -1.00 e. The SMILES string of the molecule is COCCOc1ccc(PC(=O)c2c(C)cc(C)cc2C)c(C)c1.[H-].[Li+]. The second kappa shape index (κ2) is 10.1. The molecular formula is C20H26LiO3P. The fourth-order valence-electron chi connectivity index (χ4n) is 2.83. The maximum atomic E-state index is 12.8. The van der Waals surface area contributed by atoms with Crippen molar-refractivity contribution in [3.63, 3.8) is 0 Å². The molecule has 5 heteroatoms. The third kappa shape index (κ3) is 5.98. The number of carbonyl (C=O) groups excluding carboxylic acids is 1. The van der Waals surface area contributed by atoms with Crippen molar-refractivity contribution in [1.29, 1.82) is 0 Å². The molecule has 0 aromatic heterocycles. The summed E-state index contributed by atoms with van der Waals surface area (Å²) in [5, 5.41) is 1.07. The first-order chi connectivity index (χ1) is 11.4. The summed E-state index contributed by atoms with van der Waals surface area (Å²) in [6, 6.07) is 10.1. The second-order valence-electron chi connectivity index (χ2n) is 6.05. The molecule has 2 aromatic rings. The third-order valence-corrected chi connectivity index (χ3v) is 5.21. The molecule has 25 heavy (non-hydrogen) atoms. The van der Waals surface area contributed by atoms with Crippen LogP contribution in [0.15, 0.2) is 30.3 Å². The predicted molar refractivity (Wildman–Crippen MR) is 103 cm³/mol. The van der Waals surface area contributed by atoms with Crippen molar-refractivity contribution in [3.8, 4) is 5.75 Å². The van der Waals surface area contributed by atoms with Crippen LogP contribution < -0.4 is 28.9 Å². The Kier molecular flexibility index (Phi) is 8.90. The van der Waals surface area contributed by atoms with Crippen LogP contribution in [0.3, 0.4) is 0 Å².